The zero-order chi connectivity index (χ0) is 21.3. The Balaban J connectivity index is 1.53. The number of hydrogen-bond acceptors (Lipinski definition) is 6. The minimum absolute atomic E-state index is 0.342. The molecule has 3 aromatic rings. The predicted octanol–water partition coefficient (Wildman–Crippen LogP) is 3.98. The van der Waals surface area contributed by atoms with E-state index >= 15 is 0 Å². The van der Waals surface area contributed by atoms with Crippen molar-refractivity contribution in [1.82, 2.24) is 14.5 Å². The monoisotopic (exact) mass is 446 g/mol. The molecule has 0 N–H and O–H groups in total. The van der Waals surface area contributed by atoms with E-state index in [4.69, 9.17) is 16.0 Å². The normalized spacial score (nSPS) is 13.8. The molecule has 0 fully saturated rings. The van der Waals surface area contributed by atoms with Gasteiger partial charge in [0.25, 0.3) is 0 Å². The molecule has 4 rings (SSSR count). The van der Waals surface area contributed by atoms with Crippen molar-refractivity contribution in [3.8, 4) is 11.5 Å². The molecule has 0 spiro atoms. The summed E-state index contributed by atoms with van der Waals surface area (Å²) >= 11 is 5.92. The molecule has 0 atom stereocenters. The van der Waals surface area contributed by atoms with Crippen molar-refractivity contribution in [2.24, 2.45) is 0 Å². The van der Waals surface area contributed by atoms with Gasteiger partial charge in [0.05, 0.1) is 11.4 Å². The third-order valence-electron chi connectivity index (χ3n) is 5.27. The van der Waals surface area contributed by atoms with Crippen molar-refractivity contribution in [1.29, 1.82) is 0 Å². The highest BCUT2D eigenvalue weighted by Gasteiger charge is 2.26. The van der Waals surface area contributed by atoms with Gasteiger partial charge in [-0.1, -0.05) is 25.4 Å². The second-order valence-corrected chi connectivity index (χ2v) is 9.43. The summed E-state index contributed by atoms with van der Waals surface area (Å²) in [5.74, 6) is 0.953. The van der Waals surface area contributed by atoms with Crippen molar-refractivity contribution in [3.63, 3.8) is 0 Å². The second-order valence-electron chi connectivity index (χ2n) is 7.06. The van der Waals surface area contributed by atoms with Crippen LogP contribution in [0.25, 0.3) is 11.5 Å². The third kappa shape index (κ3) is 3.95. The molecule has 1 aromatic heterocycles. The van der Waals surface area contributed by atoms with E-state index in [-0.39, 0.29) is 0 Å². The quantitative estimate of drug-likeness (QED) is 0.546. The summed E-state index contributed by atoms with van der Waals surface area (Å²) in [7, 11) is -3.46. The van der Waals surface area contributed by atoms with E-state index in [1.54, 1.807) is 24.3 Å². The molecule has 1 aliphatic heterocycles. The lowest BCUT2D eigenvalue weighted by Gasteiger charge is -2.20. The first kappa shape index (κ1) is 20.8. The molecule has 0 saturated carbocycles. The van der Waals surface area contributed by atoms with E-state index in [9.17, 15) is 8.42 Å². The first-order valence-corrected chi connectivity index (χ1v) is 11.7. The number of rotatable bonds is 7. The summed E-state index contributed by atoms with van der Waals surface area (Å²) in [4.78, 5) is 2.47. The van der Waals surface area contributed by atoms with Gasteiger partial charge in [0.2, 0.25) is 21.8 Å². The number of halogens is 1. The summed E-state index contributed by atoms with van der Waals surface area (Å²) in [6, 6.07) is 12.6. The molecule has 0 saturated heterocycles. The van der Waals surface area contributed by atoms with Crippen molar-refractivity contribution in [2.75, 3.05) is 24.5 Å². The van der Waals surface area contributed by atoms with E-state index in [1.165, 1.54) is 4.31 Å². The molecule has 1 aliphatic rings. The summed E-state index contributed by atoms with van der Waals surface area (Å²) < 4.78 is 32.9. The van der Waals surface area contributed by atoms with Gasteiger partial charge in [-0.2, -0.15) is 4.31 Å². The molecule has 0 aliphatic carbocycles. The van der Waals surface area contributed by atoms with Crippen molar-refractivity contribution >= 4 is 27.3 Å². The van der Waals surface area contributed by atoms with E-state index in [1.807, 2.05) is 32.0 Å². The molecule has 30 heavy (non-hydrogen) atoms. The number of sulfonamides is 1. The minimum atomic E-state index is -3.46. The predicted molar refractivity (Wildman–Crippen MR) is 116 cm³/mol. The van der Waals surface area contributed by atoms with Crippen LogP contribution in [0.15, 0.2) is 51.8 Å². The zero-order valence-corrected chi connectivity index (χ0v) is 18.4. The van der Waals surface area contributed by atoms with Gasteiger partial charge in [-0.25, -0.2) is 8.42 Å². The fourth-order valence-corrected chi connectivity index (χ4v) is 5.31. The molecule has 7 nitrogen and oxygen atoms in total. The largest absolute Gasteiger partial charge is 0.419 e. The molecular formula is C21H23ClN4O3S. The SMILES string of the molecule is CCN(CC)S(=O)(=O)c1ccc2c(c1)CCN2Cc1nnc(-c2ccc(Cl)cc2)o1. The van der Waals surface area contributed by atoms with E-state index in [0.717, 1.165) is 29.8 Å². The Hall–Kier alpha value is -2.42. The molecular weight excluding hydrogens is 424 g/mol. The third-order valence-corrected chi connectivity index (χ3v) is 7.57. The van der Waals surface area contributed by atoms with Gasteiger partial charge < -0.3 is 9.32 Å². The lowest BCUT2D eigenvalue weighted by atomic mass is 10.2. The molecule has 0 unspecified atom stereocenters. The van der Waals surface area contributed by atoms with Crippen LogP contribution in [0.5, 0.6) is 0 Å². The van der Waals surface area contributed by atoms with Crippen molar-refractivity contribution in [3.05, 3.63) is 58.9 Å². The van der Waals surface area contributed by atoms with Crippen molar-refractivity contribution in [2.45, 2.75) is 31.7 Å². The maximum atomic E-state index is 12.8. The number of nitrogens with zero attached hydrogens (tertiary/aromatic N) is 4. The highest BCUT2D eigenvalue weighted by molar-refractivity contribution is 7.89. The average Bonchev–Trinajstić information content (AvgIpc) is 3.36. The van der Waals surface area contributed by atoms with Gasteiger partial charge in [-0.3, -0.25) is 0 Å². The highest BCUT2D eigenvalue weighted by Crippen LogP contribution is 2.32. The molecule has 0 amide bonds. The summed E-state index contributed by atoms with van der Waals surface area (Å²) in [5, 5.41) is 8.93. The van der Waals surface area contributed by atoms with Crippen LogP contribution in [-0.4, -0.2) is 42.6 Å². The van der Waals surface area contributed by atoms with Gasteiger partial charge >= 0.3 is 0 Å². The number of benzene rings is 2. The molecule has 158 valence electrons. The minimum Gasteiger partial charge on any atom is -0.419 e. The zero-order valence-electron chi connectivity index (χ0n) is 16.9. The van der Waals surface area contributed by atoms with Crippen LogP contribution in [0.2, 0.25) is 5.02 Å². The van der Waals surface area contributed by atoms with E-state index < -0.39 is 10.0 Å². The number of fused-ring (bicyclic) bond motifs is 1. The molecule has 0 bridgehead atoms. The Morgan fingerprint density at radius 2 is 1.83 bits per heavy atom. The first-order valence-electron chi connectivity index (χ1n) is 9.88. The maximum absolute atomic E-state index is 12.8. The van der Waals surface area contributed by atoms with Crippen LogP contribution < -0.4 is 4.90 Å². The smallest absolute Gasteiger partial charge is 0.247 e. The van der Waals surface area contributed by atoms with Crippen LogP contribution in [0, 0.1) is 0 Å². The Labute approximate surface area is 181 Å². The second kappa shape index (κ2) is 8.37. The number of aromatic nitrogens is 2. The Morgan fingerprint density at radius 3 is 2.53 bits per heavy atom. The van der Waals surface area contributed by atoms with Crippen LogP contribution in [0.1, 0.15) is 25.3 Å². The van der Waals surface area contributed by atoms with Gasteiger partial charge in [0, 0.05) is 35.9 Å². The fourth-order valence-electron chi connectivity index (χ4n) is 3.67. The molecule has 0 radical (unpaired) electrons. The van der Waals surface area contributed by atoms with Crippen LogP contribution in [-0.2, 0) is 23.0 Å². The summed E-state index contributed by atoms with van der Waals surface area (Å²) in [5.41, 5.74) is 2.83. The van der Waals surface area contributed by atoms with Crippen LogP contribution >= 0.6 is 11.6 Å². The van der Waals surface area contributed by atoms with E-state index in [2.05, 4.69) is 15.1 Å². The summed E-state index contributed by atoms with van der Waals surface area (Å²) in [6.45, 7) is 5.83. The number of hydrogen-bond donors (Lipinski definition) is 0. The van der Waals surface area contributed by atoms with Gasteiger partial charge in [0.15, 0.2) is 0 Å². The Bertz CT molecular complexity index is 1140. The Morgan fingerprint density at radius 1 is 1.10 bits per heavy atom. The van der Waals surface area contributed by atoms with Crippen molar-refractivity contribution < 1.29 is 12.8 Å². The lowest BCUT2D eigenvalue weighted by Crippen LogP contribution is -2.30. The lowest BCUT2D eigenvalue weighted by molar-refractivity contribution is 0.445. The van der Waals surface area contributed by atoms with Gasteiger partial charge in [0.1, 0.15) is 0 Å². The van der Waals surface area contributed by atoms with Gasteiger partial charge in [-0.05, 0) is 54.4 Å². The molecule has 9 heteroatoms. The van der Waals surface area contributed by atoms with E-state index in [0.29, 0.717) is 41.3 Å². The average molecular weight is 447 g/mol. The topological polar surface area (TPSA) is 79.5 Å². The van der Waals surface area contributed by atoms with Crippen LogP contribution in [0.4, 0.5) is 5.69 Å². The fraction of sp³-hybridized carbons (Fsp3) is 0.333. The van der Waals surface area contributed by atoms with Gasteiger partial charge in [-0.15, -0.1) is 10.2 Å². The standard InChI is InChI=1S/C21H23ClN4O3S/c1-3-26(4-2)30(27,28)18-9-10-19-16(13-18)11-12-25(19)14-20-23-24-21(29-20)15-5-7-17(22)8-6-15/h5-10,13H,3-4,11-12,14H2,1-2H3. The molecule has 2 aromatic carbocycles. The summed E-state index contributed by atoms with van der Waals surface area (Å²) in [6.07, 6.45) is 0.773. The number of anilines is 1. The maximum Gasteiger partial charge on any atom is 0.247 e. The first-order chi connectivity index (χ1) is 14.4. The van der Waals surface area contributed by atoms with Crippen LogP contribution in [0.3, 0.4) is 0 Å². The molecule has 2 heterocycles. The highest BCUT2D eigenvalue weighted by atomic mass is 35.5. The Kier molecular flexibility index (Phi) is 5.81.